The maximum Gasteiger partial charge on any atom is 0.434 e. The van der Waals surface area contributed by atoms with Crippen molar-refractivity contribution < 1.29 is 13.6 Å². The van der Waals surface area contributed by atoms with Crippen LogP contribution < -0.4 is 10.4 Å². The molecule has 5 nitrogen and oxygen atoms in total. The summed E-state index contributed by atoms with van der Waals surface area (Å²) in [4.78, 5) is 0. The Morgan fingerprint density at radius 1 is 1.08 bits per heavy atom. The lowest BCUT2D eigenvalue weighted by molar-refractivity contribution is 0.216. The SMILES string of the molecule is CCOP(=O)(NC(=S)Nc1ccc2c(c1)Cc1ccccc1-2)OCC. The Kier molecular flexibility index (Phi) is 5.54. The van der Waals surface area contributed by atoms with Crippen LogP contribution in [0.1, 0.15) is 25.0 Å². The minimum atomic E-state index is -3.43. The highest BCUT2D eigenvalue weighted by Crippen LogP contribution is 2.43. The van der Waals surface area contributed by atoms with Gasteiger partial charge < -0.3 is 5.32 Å². The summed E-state index contributed by atoms with van der Waals surface area (Å²) in [5.41, 5.74) is 5.93. The topological polar surface area (TPSA) is 59.6 Å². The lowest BCUT2D eigenvalue weighted by Gasteiger charge is -2.19. The van der Waals surface area contributed by atoms with Gasteiger partial charge in [0.2, 0.25) is 0 Å². The zero-order chi connectivity index (χ0) is 17.9. The van der Waals surface area contributed by atoms with Gasteiger partial charge in [0.05, 0.1) is 13.2 Å². The van der Waals surface area contributed by atoms with Gasteiger partial charge in [-0.25, -0.2) is 4.57 Å². The molecule has 2 aromatic rings. The third-order valence-corrected chi connectivity index (χ3v) is 5.94. The van der Waals surface area contributed by atoms with Gasteiger partial charge in [0, 0.05) is 5.69 Å². The Morgan fingerprint density at radius 3 is 2.48 bits per heavy atom. The summed E-state index contributed by atoms with van der Waals surface area (Å²) >= 11 is 5.26. The third-order valence-electron chi connectivity index (χ3n) is 3.89. The zero-order valence-electron chi connectivity index (χ0n) is 14.2. The van der Waals surface area contributed by atoms with Crippen LogP contribution in [0, 0.1) is 0 Å². The minimum Gasteiger partial charge on any atom is -0.332 e. The van der Waals surface area contributed by atoms with Gasteiger partial charge in [-0.3, -0.25) is 14.1 Å². The van der Waals surface area contributed by atoms with Gasteiger partial charge in [-0.15, -0.1) is 0 Å². The van der Waals surface area contributed by atoms with Crippen LogP contribution in [-0.4, -0.2) is 18.3 Å². The molecule has 0 fully saturated rings. The van der Waals surface area contributed by atoms with Crippen LogP contribution >= 0.6 is 20.0 Å². The number of thiocarbonyl (C=S) groups is 1. The van der Waals surface area contributed by atoms with Crippen molar-refractivity contribution in [1.29, 1.82) is 0 Å². The zero-order valence-corrected chi connectivity index (χ0v) is 16.0. The second-order valence-electron chi connectivity index (χ2n) is 5.60. The first kappa shape index (κ1) is 18.1. The van der Waals surface area contributed by atoms with Crippen LogP contribution in [-0.2, 0) is 20.0 Å². The Hall–Kier alpha value is -1.72. The van der Waals surface area contributed by atoms with Crippen molar-refractivity contribution in [1.82, 2.24) is 5.09 Å². The first-order valence-electron chi connectivity index (χ1n) is 8.24. The predicted octanol–water partition coefficient (Wildman–Crippen LogP) is 4.73. The standard InChI is InChI=1S/C18H21N2O3PS/c1-3-22-24(21,23-4-2)20-18(25)19-15-9-10-17-14(12-15)11-13-7-5-6-8-16(13)17/h5-10,12H,3-4,11H2,1-2H3,(H2,19,20,21,25). The molecule has 1 aliphatic carbocycles. The van der Waals surface area contributed by atoms with Gasteiger partial charge in [0.1, 0.15) is 0 Å². The van der Waals surface area contributed by atoms with Crippen molar-refractivity contribution in [3.63, 3.8) is 0 Å². The summed E-state index contributed by atoms with van der Waals surface area (Å²) in [6.07, 6.45) is 0.900. The van der Waals surface area contributed by atoms with E-state index in [1.165, 1.54) is 22.3 Å². The second kappa shape index (κ2) is 7.67. The molecule has 0 spiro atoms. The molecule has 0 saturated heterocycles. The van der Waals surface area contributed by atoms with Crippen molar-refractivity contribution >= 4 is 30.8 Å². The highest BCUT2D eigenvalue weighted by molar-refractivity contribution is 7.81. The smallest absolute Gasteiger partial charge is 0.332 e. The van der Waals surface area contributed by atoms with Crippen molar-refractivity contribution in [2.75, 3.05) is 18.5 Å². The van der Waals surface area contributed by atoms with E-state index in [1.54, 1.807) is 13.8 Å². The van der Waals surface area contributed by atoms with Crippen LogP contribution in [0.4, 0.5) is 5.69 Å². The van der Waals surface area contributed by atoms with E-state index in [0.29, 0.717) is 0 Å². The molecule has 3 rings (SSSR count). The van der Waals surface area contributed by atoms with Crippen LogP contribution in [0.5, 0.6) is 0 Å². The van der Waals surface area contributed by atoms with E-state index in [1.807, 2.05) is 6.07 Å². The quantitative estimate of drug-likeness (QED) is 0.479. The Bertz CT molecular complexity index is 831. The molecule has 0 aliphatic heterocycles. The van der Waals surface area contributed by atoms with E-state index in [4.69, 9.17) is 21.3 Å². The minimum absolute atomic E-state index is 0.209. The van der Waals surface area contributed by atoms with E-state index in [0.717, 1.165) is 12.1 Å². The molecule has 132 valence electrons. The van der Waals surface area contributed by atoms with Crippen molar-refractivity contribution in [2.24, 2.45) is 0 Å². The number of nitrogens with one attached hydrogen (secondary N) is 2. The average Bonchev–Trinajstić information content (AvgIpc) is 2.92. The summed E-state index contributed by atoms with van der Waals surface area (Å²) in [5, 5.41) is 5.93. The first-order valence-corrected chi connectivity index (χ1v) is 10.2. The van der Waals surface area contributed by atoms with Crippen LogP contribution in [0.3, 0.4) is 0 Å². The molecule has 0 atom stereocenters. The Morgan fingerprint density at radius 2 is 1.76 bits per heavy atom. The summed E-state index contributed by atoms with van der Waals surface area (Å²) in [5.74, 6) is 0. The van der Waals surface area contributed by atoms with Crippen molar-refractivity contribution in [3.8, 4) is 11.1 Å². The lowest BCUT2D eigenvalue weighted by Crippen LogP contribution is -2.27. The molecule has 1 aliphatic rings. The normalized spacial score (nSPS) is 12.4. The average molecular weight is 376 g/mol. The summed E-state index contributed by atoms with van der Waals surface area (Å²) in [6.45, 7) is 4.04. The molecule has 0 unspecified atom stereocenters. The van der Waals surface area contributed by atoms with Crippen LogP contribution in [0.2, 0.25) is 0 Å². The van der Waals surface area contributed by atoms with Crippen LogP contribution in [0.15, 0.2) is 42.5 Å². The number of anilines is 1. The summed E-state index contributed by atoms with van der Waals surface area (Å²) < 4.78 is 22.8. The van der Waals surface area contributed by atoms with E-state index in [-0.39, 0.29) is 18.3 Å². The van der Waals surface area contributed by atoms with Crippen molar-refractivity contribution in [2.45, 2.75) is 20.3 Å². The van der Waals surface area contributed by atoms with Gasteiger partial charge in [-0.05, 0) is 66.9 Å². The highest BCUT2D eigenvalue weighted by atomic mass is 32.1. The fraction of sp³-hybridized carbons (Fsp3) is 0.278. The molecule has 0 saturated carbocycles. The largest absolute Gasteiger partial charge is 0.434 e. The fourth-order valence-electron chi connectivity index (χ4n) is 2.95. The maximum atomic E-state index is 12.5. The molecule has 0 bridgehead atoms. The van der Waals surface area contributed by atoms with Gasteiger partial charge in [0.15, 0.2) is 5.11 Å². The molecule has 2 aromatic carbocycles. The second-order valence-corrected chi connectivity index (χ2v) is 7.75. The number of hydrogen-bond donors (Lipinski definition) is 2. The van der Waals surface area contributed by atoms with E-state index >= 15 is 0 Å². The molecular weight excluding hydrogens is 355 g/mol. The number of benzene rings is 2. The fourth-order valence-corrected chi connectivity index (χ4v) is 4.59. The number of hydrogen-bond acceptors (Lipinski definition) is 4. The van der Waals surface area contributed by atoms with Gasteiger partial charge in [-0.1, -0.05) is 30.3 Å². The van der Waals surface area contributed by atoms with E-state index in [9.17, 15) is 4.57 Å². The molecule has 0 heterocycles. The molecule has 0 radical (unpaired) electrons. The molecular formula is C18H21N2O3PS. The van der Waals surface area contributed by atoms with E-state index < -0.39 is 7.75 Å². The Balaban J connectivity index is 1.71. The highest BCUT2D eigenvalue weighted by Gasteiger charge is 2.25. The molecule has 7 heteroatoms. The number of fused-ring (bicyclic) bond motifs is 3. The van der Waals surface area contributed by atoms with Gasteiger partial charge in [0.25, 0.3) is 0 Å². The summed E-state index contributed by atoms with van der Waals surface area (Å²) in [6, 6.07) is 14.5. The number of rotatable bonds is 6. The van der Waals surface area contributed by atoms with Gasteiger partial charge in [-0.2, -0.15) is 0 Å². The van der Waals surface area contributed by atoms with Crippen LogP contribution in [0.25, 0.3) is 11.1 Å². The monoisotopic (exact) mass is 376 g/mol. The first-order chi connectivity index (χ1) is 12.0. The maximum absolute atomic E-state index is 12.5. The lowest BCUT2D eigenvalue weighted by atomic mass is 10.1. The van der Waals surface area contributed by atoms with Gasteiger partial charge >= 0.3 is 7.75 Å². The third kappa shape index (κ3) is 4.10. The Labute approximate surface area is 153 Å². The summed E-state index contributed by atoms with van der Waals surface area (Å²) in [7, 11) is -3.43. The van der Waals surface area contributed by atoms with E-state index in [2.05, 4.69) is 46.8 Å². The molecule has 25 heavy (non-hydrogen) atoms. The molecule has 0 amide bonds. The molecule has 2 N–H and O–H groups in total. The van der Waals surface area contributed by atoms with Crippen molar-refractivity contribution in [3.05, 3.63) is 53.6 Å². The predicted molar refractivity (Wildman–Crippen MR) is 105 cm³/mol. The molecule has 0 aromatic heterocycles.